The van der Waals surface area contributed by atoms with Crippen LogP contribution in [0, 0.1) is 5.92 Å². The summed E-state index contributed by atoms with van der Waals surface area (Å²) in [4.78, 5) is 25.9. The van der Waals surface area contributed by atoms with Gasteiger partial charge in [0.25, 0.3) is 5.91 Å². The maximum Gasteiger partial charge on any atom is 0.274 e. The Hall–Kier alpha value is -2.13. The Morgan fingerprint density at radius 3 is 2.64 bits per heavy atom. The Labute approximate surface area is 145 Å². The predicted octanol–water partition coefficient (Wildman–Crippen LogP) is 0.351. The molecule has 8 nitrogen and oxygen atoms in total. The number of fused-ring (bicyclic) bond motifs is 1. The van der Waals surface area contributed by atoms with Crippen LogP contribution in [0.25, 0.3) is 0 Å². The minimum Gasteiger partial charge on any atom is -0.491 e. The Morgan fingerprint density at radius 1 is 1.24 bits per heavy atom. The van der Waals surface area contributed by atoms with E-state index < -0.39 is 15.7 Å². The molecule has 1 aromatic carbocycles. The van der Waals surface area contributed by atoms with Crippen molar-refractivity contribution >= 4 is 21.7 Å². The first-order chi connectivity index (χ1) is 11.9. The highest BCUT2D eigenvalue weighted by molar-refractivity contribution is 7.91. The number of carbonyl (C=O) groups is 2. The molecule has 0 aliphatic carbocycles. The number of nitrogens with one attached hydrogen (secondary N) is 1. The maximum absolute atomic E-state index is 12.7. The minimum atomic E-state index is -3.00. The average molecular weight is 368 g/mol. The lowest BCUT2D eigenvalue weighted by Gasteiger charge is -2.28. The van der Waals surface area contributed by atoms with E-state index in [4.69, 9.17) is 9.94 Å². The highest BCUT2D eigenvalue weighted by Gasteiger charge is 2.32. The summed E-state index contributed by atoms with van der Waals surface area (Å²) in [5.41, 5.74) is 2.60. The lowest BCUT2D eigenvalue weighted by atomic mass is 10.0. The van der Waals surface area contributed by atoms with Crippen molar-refractivity contribution in [1.29, 1.82) is 0 Å². The molecule has 0 saturated carbocycles. The van der Waals surface area contributed by atoms with Crippen LogP contribution in [0.2, 0.25) is 0 Å². The van der Waals surface area contributed by atoms with Gasteiger partial charge in [0.15, 0.2) is 0 Å². The molecule has 0 radical (unpaired) electrons. The van der Waals surface area contributed by atoms with E-state index in [0.717, 1.165) is 5.56 Å². The van der Waals surface area contributed by atoms with E-state index in [1.54, 1.807) is 22.5 Å². The number of nitrogens with zero attached hydrogens (tertiary/aromatic N) is 1. The normalized spacial score (nSPS) is 20.1. The molecule has 9 heteroatoms. The third-order valence-electron chi connectivity index (χ3n) is 4.63. The monoisotopic (exact) mass is 368 g/mol. The van der Waals surface area contributed by atoms with Gasteiger partial charge in [-0.1, -0.05) is 6.07 Å². The molecular formula is C16H20N2O6S. The first kappa shape index (κ1) is 17.7. The van der Waals surface area contributed by atoms with Crippen molar-refractivity contribution < 1.29 is 28.0 Å². The molecule has 3 rings (SSSR count). The number of benzene rings is 1. The first-order valence-electron chi connectivity index (χ1n) is 8.09. The molecule has 0 bridgehead atoms. The fraction of sp³-hybridized carbons (Fsp3) is 0.500. The van der Waals surface area contributed by atoms with Gasteiger partial charge in [0.2, 0.25) is 5.91 Å². The quantitative estimate of drug-likeness (QED) is 0.575. The fourth-order valence-corrected chi connectivity index (χ4v) is 4.65. The summed E-state index contributed by atoms with van der Waals surface area (Å²) in [6.07, 6.45) is 0.724. The number of rotatable bonds is 2. The van der Waals surface area contributed by atoms with Gasteiger partial charge in [-0.25, -0.2) is 13.9 Å². The molecule has 2 N–H and O–H groups in total. The second-order valence-electron chi connectivity index (χ2n) is 6.30. The second kappa shape index (κ2) is 7.01. The van der Waals surface area contributed by atoms with E-state index >= 15 is 0 Å². The topological polar surface area (TPSA) is 113 Å². The van der Waals surface area contributed by atoms with Crippen LogP contribution in [-0.4, -0.2) is 55.0 Å². The van der Waals surface area contributed by atoms with Crippen molar-refractivity contribution in [2.45, 2.75) is 19.4 Å². The SMILES string of the molecule is O=C(NO)c1ccc2c(c1)OCCN(C(=O)C1CCS(=O)(=O)CC1)C2. The third kappa shape index (κ3) is 3.93. The number of sulfone groups is 1. The highest BCUT2D eigenvalue weighted by Crippen LogP contribution is 2.27. The molecule has 0 unspecified atom stereocenters. The van der Waals surface area contributed by atoms with Crippen LogP contribution in [0.4, 0.5) is 0 Å². The van der Waals surface area contributed by atoms with Crippen LogP contribution in [0.3, 0.4) is 0 Å². The van der Waals surface area contributed by atoms with Crippen molar-refractivity contribution in [2.24, 2.45) is 5.92 Å². The van der Waals surface area contributed by atoms with Crippen LogP contribution in [-0.2, 0) is 21.2 Å². The standard InChI is InChI=1S/C16H20N2O6S/c19-15(17-21)12-1-2-13-10-18(5-6-24-14(13)9-12)16(20)11-3-7-25(22,23)8-4-11/h1-2,9,11,21H,3-8,10H2,(H,17,19). The predicted molar refractivity (Wildman–Crippen MR) is 88.0 cm³/mol. The Bertz CT molecular complexity index is 778. The van der Waals surface area contributed by atoms with Gasteiger partial charge >= 0.3 is 0 Å². The summed E-state index contributed by atoms with van der Waals surface area (Å²) in [6, 6.07) is 4.77. The Morgan fingerprint density at radius 2 is 1.96 bits per heavy atom. The van der Waals surface area contributed by atoms with Crippen molar-refractivity contribution in [3.63, 3.8) is 0 Å². The molecule has 1 aromatic rings. The van der Waals surface area contributed by atoms with E-state index in [9.17, 15) is 18.0 Å². The molecule has 136 valence electrons. The van der Waals surface area contributed by atoms with Crippen LogP contribution < -0.4 is 10.2 Å². The number of carbonyl (C=O) groups excluding carboxylic acids is 2. The zero-order valence-electron chi connectivity index (χ0n) is 13.6. The molecule has 0 spiro atoms. The van der Waals surface area contributed by atoms with E-state index in [1.165, 1.54) is 6.07 Å². The van der Waals surface area contributed by atoms with Gasteiger partial charge in [0, 0.05) is 23.6 Å². The molecule has 2 heterocycles. The first-order valence-corrected chi connectivity index (χ1v) is 9.91. The van der Waals surface area contributed by atoms with Crippen molar-refractivity contribution in [3.8, 4) is 5.75 Å². The fourth-order valence-electron chi connectivity index (χ4n) is 3.16. The largest absolute Gasteiger partial charge is 0.491 e. The molecule has 25 heavy (non-hydrogen) atoms. The summed E-state index contributed by atoms with van der Waals surface area (Å²) in [5, 5.41) is 8.71. The number of hydrogen-bond donors (Lipinski definition) is 2. The van der Waals surface area contributed by atoms with E-state index in [2.05, 4.69) is 0 Å². The molecule has 1 fully saturated rings. The zero-order valence-corrected chi connectivity index (χ0v) is 14.4. The Kier molecular flexibility index (Phi) is 4.96. The molecule has 2 aliphatic heterocycles. The summed E-state index contributed by atoms with van der Waals surface area (Å²) in [7, 11) is -3.00. The van der Waals surface area contributed by atoms with Crippen LogP contribution in [0.15, 0.2) is 18.2 Å². The third-order valence-corrected chi connectivity index (χ3v) is 6.34. The van der Waals surface area contributed by atoms with Crippen molar-refractivity contribution in [1.82, 2.24) is 10.4 Å². The van der Waals surface area contributed by atoms with Crippen molar-refractivity contribution in [3.05, 3.63) is 29.3 Å². The van der Waals surface area contributed by atoms with Gasteiger partial charge in [-0.15, -0.1) is 0 Å². The molecule has 0 aromatic heterocycles. The van der Waals surface area contributed by atoms with E-state index in [-0.39, 0.29) is 35.5 Å². The maximum atomic E-state index is 12.7. The minimum absolute atomic E-state index is 0.0523. The van der Waals surface area contributed by atoms with Gasteiger partial charge in [-0.3, -0.25) is 14.8 Å². The van der Waals surface area contributed by atoms with Gasteiger partial charge < -0.3 is 9.64 Å². The number of ether oxygens (including phenoxy) is 1. The van der Waals surface area contributed by atoms with Crippen LogP contribution in [0.1, 0.15) is 28.8 Å². The lowest BCUT2D eigenvalue weighted by Crippen LogP contribution is -2.40. The van der Waals surface area contributed by atoms with E-state index in [1.807, 2.05) is 0 Å². The van der Waals surface area contributed by atoms with Gasteiger partial charge in [-0.2, -0.15) is 0 Å². The van der Waals surface area contributed by atoms with Crippen LogP contribution >= 0.6 is 0 Å². The molecular weight excluding hydrogens is 348 g/mol. The molecule has 2 amide bonds. The van der Waals surface area contributed by atoms with Gasteiger partial charge in [0.05, 0.1) is 18.1 Å². The second-order valence-corrected chi connectivity index (χ2v) is 8.60. The highest BCUT2D eigenvalue weighted by atomic mass is 32.2. The number of hydrogen-bond acceptors (Lipinski definition) is 6. The summed E-state index contributed by atoms with van der Waals surface area (Å²) < 4.78 is 28.7. The van der Waals surface area contributed by atoms with Gasteiger partial charge in [0.1, 0.15) is 22.2 Å². The molecule has 1 saturated heterocycles. The number of amides is 2. The van der Waals surface area contributed by atoms with Gasteiger partial charge in [-0.05, 0) is 25.0 Å². The van der Waals surface area contributed by atoms with Crippen molar-refractivity contribution in [2.75, 3.05) is 24.7 Å². The average Bonchev–Trinajstić information content (AvgIpc) is 2.82. The number of hydroxylamine groups is 1. The van der Waals surface area contributed by atoms with Crippen LogP contribution in [0.5, 0.6) is 5.75 Å². The summed E-state index contributed by atoms with van der Waals surface area (Å²) >= 11 is 0. The summed E-state index contributed by atoms with van der Waals surface area (Å²) in [6.45, 7) is 1.03. The molecule has 0 atom stereocenters. The smallest absolute Gasteiger partial charge is 0.274 e. The molecule has 2 aliphatic rings. The summed E-state index contributed by atoms with van der Waals surface area (Å²) in [5.74, 6) is -0.337. The Balaban J connectivity index is 1.73. The van der Waals surface area contributed by atoms with E-state index in [0.29, 0.717) is 31.7 Å². The lowest BCUT2D eigenvalue weighted by molar-refractivity contribution is -0.136. The zero-order chi connectivity index (χ0) is 18.0.